The molecule has 22 heavy (non-hydrogen) atoms. The predicted octanol–water partition coefficient (Wildman–Crippen LogP) is 3.01. The van der Waals surface area contributed by atoms with Crippen LogP contribution in [0.15, 0.2) is 5.38 Å². The molecule has 1 aliphatic carbocycles. The molecule has 1 unspecified atom stereocenters. The fourth-order valence-corrected chi connectivity index (χ4v) is 4.58. The summed E-state index contributed by atoms with van der Waals surface area (Å²) >= 11 is 1.63. The van der Waals surface area contributed by atoms with Gasteiger partial charge in [-0.1, -0.05) is 0 Å². The second-order valence-electron chi connectivity index (χ2n) is 6.42. The van der Waals surface area contributed by atoms with Crippen LogP contribution in [-0.2, 0) is 9.59 Å². The minimum Gasteiger partial charge on any atom is -0.481 e. The summed E-state index contributed by atoms with van der Waals surface area (Å²) in [6.45, 7) is 2.75. The first-order chi connectivity index (χ1) is 10.6. The highest BCUT2D eigenvalue weighted by atomic mass is 32.1. The summed E-state index contributed by atoms with van der Waals surface area (Å²) < 4.78 is 0. The second kappa shape index (κ2) is 6.36. The smallest absolute Gasteiger partial charge is 0.306 e. The number of aromatic nitrogens is 1. The SMILES string of the molecule is Cc1csc(C2CCCCN2C(=O)[C@@H]2CC[C@H](C(=O)O)C2)n1. The highest BCUT2D eigenvalue weighted by Crippen LogP contribution is 2.38. The van der Waals surface area contributed by atoms with Crippen molar-refractivity contribution in [1.29, 1.82) is 0 Å². The molecular formula is C16H22N2O3S. The third kappa shape index (κ3) is 3.02. The van der Waals surface area contributed by atoms with Crippen LogP contribution >= 0.6 is 11.3 Å². The van der Waals surface area contributed by atoms with E-state index in [1.165, 1.54) is 0 Å². The van der Waals surface area contributed by atoms with Gasteiger partial charge in [0.25, 0.3) is 0 Å². The third-order valence-corrected chi connectivity index (χ3v) is 5.90. The van der Waals surface area contributed by atoms with E-state index in [2.05, 4.69) is 4.98 Å². The minimum atomic E-state index is -0.763. The number of carbonyl (C=O) groups excluding carboxylic acids is 1. The molecule has 3 atom stereocenters. The minimum absolute atomic E-state index is 0.0869. The number of piperidine rings is 1. The van der Waals surface area contributed by atoms with Gasteiger partial charge in [0.1, 0.15) is 5.01 Å². The van der Waals surface area contributed by atoms with Gasteiger partial charge in [-0.15, -0.1) is 11.3 Å². The van der Waals surface area contributed by atoms with Crippen LogP contribution in [0.25, 0.3) is 0 Å². The van der Waals surface area contributed by atoms with Crippen LogP contribution in [0, 0.1) is 18.8 Å². The number of hydrogen-bond donors (Lipinski definition) is 1. The molecule has 1 aromatic rings. The summed E-state index contributed by atoms with van der Waals surface area (Å²) in [4.78, 5) is 30.5. The monoisotopic (exact) mass is 322 g/mol. The Hall–Kier alpha value is -1.43. The molecule has 5 nitrogen and oxygen atoms in total. The van der Waals surface area contributed by atoms with Crippen molar-refractivity contribution in [2.75, 3.05) is 6.54 Å². The Morgan fingerprint density at radius 3 is 2.68 bits per heavy atom. The number of thiazole rings is 1. The van der Waals surface area contributed by atoms with Crippen LogP contribution in [-0.4, -0.2) is 33.4 Å². The number of nitrogens with zero attached hydrogens (tertiary/aromatic N) is 2. The lowest BCUT2D eigenvalue weighted by Gasteiger charge is -2.36. The number of carboxylic acids is 1. The average molecular weight is 322 g/mol. The van der Waals surface area contributed by atoms with Gasteiger partial charge in [-0.05, 0) is 45.4 Å². The molecule has 120 valence electrons. The molecule has 1 aromatic heterocycles. The molecule has 1 saturated heterocycles. The molecular weight excluding hydrogens is 300 g/mol. The molecule has 0 aromatic carbocycles. The van der Waals surface area contributed by atoms with Crippen molar-refractivity contribution in [3.05, 3.63) is 16.1 Å². The van der Waals surface area contributed by atoms with Gasteiger partial charge >= 0.3 is 5.97 Å². The predicted molar refractivity (Wildman–Crippen MR) is 83.6 cm³/mol. The van der Waals surface area contributed by atoms with Crippen LogP contribution in [0.5, 0.6) is 0 Å². The molecule has 0 bridgehead atoms. The van der Waals surface area contributed by atoms with Crippen molar-refractivity contribution in [2.24, 2.45) is 11.8 Å². The zero-order valence-corrected chi connectivity index (χ0v) is 13.6. The maximum atomic E-state index is 12.9. The number of aliphatic carboxylic acids is 1. The number of aryl methyl sites for hydroxylation is 1. The van der Waals surface area contributed by atoms with Crippen LogP contribution < -0.4 is 0 Å². The number of carbonyl (C=O) groups is 2. The van der Waals surface area contributed by atoms with Crippen LogP contribution in [0.2, 0.25) is 0 Å². The topological polar surface area (TPSA) is 70.5 Å². The largest absolute Gasteiger partial charge is 0.481 e. The molecule has 1 N–H and O–H groups in total. The summed E-state index contributed by atoms with van der Waals surface area (Å²) in [7, 11) is 0. The van der Waals surface area contributed by atoms with E-state index in [9.17, 15) is 9.59 Å². The zero-order valence-electron chi connectivity index (χ0n) is 12.8. The summed E-state index contributed by atoms with van der Waals surface area (Å²) in [5, 5.41) is 12.2. The van der Waals surface area contributed by atoms with Gasteiger partial charge in [-0.3, -0.25) is 9.59 Å². The first-order valence-corrected chi connectivity index (χ1v) is 8.89. The fourth-order valence-electron chi connectivity index (χ4n) is 3.64. The third-order valence-electron chi connectivity index (χ3n) is 4.84. The zero-order chi connectivity index (χ0) is 15.7. The standard InChI is InChI=1S/C16H22N2O3S/c1-10-9-22-14(17-10)13-4-2-3-7-18(13)15(19)11-5-6-12(8-11)16(20)21/h9,11-13H,2-8H2,1H3,(H,20,21)/t11-,12+,13?/m1/s1. The number of amides is 1. The quantitative estimate of drug-likeness (QED) is 0.928. The van der Waals surface area contributed by atoms with Crippen molar-refractivity contribution >= 4 is 23.2 Å². The normalized spacial score (nSPS) is 28.8. The number of carboxylic acid groups (broad SMARTS) is 1. The van der Waals surface area contributed by atoms with E-state index in [-0.39, 0.29) is 23.8 Å². The van der Waals surface area contributed by atoms with Crippen LogP contribution in [0.4, 0.5) is 0 Å². The van der Waals surface area contributed by atoms with Gasteiger partial charge in [0.2, 0.25) is 5.91 Å². The molecule has 1 saturated carbocycles. The summed E-state index contributed by atoms with van der Waals surface area (Å²) in [6.07, 6.45) is 4.94. The Balaban J connectivity index is 1.73. The molecule has 1 amide bonds. The van der Waals surface area contributed by atoms with Crippen molar-refractivity contribution < 1.29 is 14.7 Å². The van der Waals surface area contributed by atoms with Gasteiger partial charge in [0.05, 0.1) is 12.0 Å². The van der Waals surface area contributed by atoms with Gasteiger partial charge in [0, 0.05) is 23.5 Å². The maximum absolute atomic E-state index is 12.9. The second-order valence-corrected chi connectivity index (χ2v) is 7.31. The lowest BCUT2D eigenvalue weighted by molar-refractivity contribution is -0.142. The van der Waals surface area contributed by atoms with E-state index in [1.54, 1.807) is 11.3 Å². The van der Waals surface area contributed by atoms with Crippen molar-refractivity contribution in [3.63, 3.8) is 0 Å². The molecule has 6 heteroatoms. The van der Waals surface area contributed by atoms with E-state index >= 15 is 0 Å². The van der Waals surface area contributed by atoms with E-state index < -0.39 is 5.97 Å². The van der Waals surface area contributed by atoms with E-state index in [1.807, 2.05) is 17.2 Å². The molecule has 2 fully saturated rings. The molecule has 1 aliphatic heterocycles. The summed E-state index contributed by atoms with van der Waals surface area (Å²) in [6, 6.07) is 0.0869. The van der Waals surface area contributed by atoms with E-state index in [0.29, 0.717) is 19.3 Å². The average Bonchev–Trinajstić information content (AvgIpc) is 3.15. The first kappa shape index (κ1) is 15.5. The summed E-state index contributed by atoms with van der Waals surface area (Å²) in [5.41, 5.74) is 1.00. The van der Waals surface area contributed by atoms with E-state index in [4.69, 9.17) is 5.11 Å². The highest BCUT2D eigenvalue weighted by molar-refractivity contribution is 7.09. The van der Waals surface area contributed by atoms with Crippen molar-refractivity contribution in [1.82, 2.24) is 9.88 Å². The summed E-state index contributed by atoms with van der Waals surface area (Å²) in [5.74, 6) is -1.09. The molecule has 2 aliphatic rings. The van der Waals surface area contributed by atoms with E-state index in [0.717, 1.165) is 36.5 Å². The Morgan fingerprint density at radius 1 is 1.27 bits per heavy atom. The number of likely N-dealkylation sites (tertiary alicyclic amines) is 1. The van der Waals surface area contributed by atoms with Crippen molar-refractivity contribution in [2.45, 2.75) is 51.5 Å². The molecule has 0 spiro atoms. The Morgan fingerprint density at radius 2 is 2.05 bits per heavy atom. The van der Waals surface area contributed by atoms with Gasteiger partial charge in [-0.2, -0.15) is 0 Å². The molecule has 0 radical (unpaired) electrons. The van der Waals surface area contributed by atoms with Crippen molar-refractivity contribution in [3.8, 4) is 0 Å². The van der Waals surface area contributed by atoms with Gasteiger partial charge < -0.3 is 10.0 Å². The first-order valence-electron chi connectivity index (χ1n) is 8.01. The lowest BCUT2D eigenvalue weighted by atomic mass is 9.98. The Labute approximate surface area is 134 Å². The highest BCUT2D eigenvalue weighted by Gasteiger charge is 2.39. The Kier molecular flexibility index (Phi) is 4.47. The van der Waals surface area contributed by atoms with Gasteiger partial charge in [-0.25, -0.2) is 4.98 Å². The fraction of sp³-hybridized carbons (Fsp3) is 0.688. The molecule has 2 heterocycles. The number of hydrogen-bond acceptors (Lipinski definition) is 4. The lowest BCUT2D eigenvalue weighted by Crippen LogP contribution is -2.41. The van der Waals surface area contributed by atoms with Crippen LogP contribution in [0.3, 0.4) is 0 Å². The number of rotatable bonds is 3. The molecule has 3 rings (SSSR count). The maximum Gasteiger partial charge on any atom is 0.306 e. The Bertz CT molecular complexity index is 571. The van der Waals surface area contributed by atoms with Crippen LogP contribution in [0.1, 0.15) is 55.3 Å². The van der Waals surface area contributed by atoms with Gasteiger partial charge in [0.15, 0.2) is 0 Å².